The van der Waals surface area contributed by atoms with Crippen molar-refractivity contribution in [2.24, 2.45) is 5.92 Å². The number of anilines is 1. The van der Waals surface area contributed by atoms with Crippen LogP contribution in [0.3, 0.4) is 0 Å². The van der Waals surface area contributed by atoms with Gasteiger partial charge in [-0.2, -0.15) is 9.57 Å². The number of sulfonamides is 1. The zero-order chi connectivity index (χ0) is 19.4. The number of nitrogens with one attached hydrogen (secondary N) is 1. The molecule has 0 saturated carbocycles. The zero-order valence-electron chi connectivity index (χ0n) is 14.4. The lowest BCUT2D eigenvalue weighted by Crippen LogP contribution is -2.41. The van der Waals surface area contributed by atoms with Crippen LogP contribution in [0.2, 0.25) is 0 Å². The summed E-state index contributed by atoms with van der Waals surface area (Å²) in [4.78, 5) is 12.6. The molecule has 140 valence electrons. The molecule has 1 heterocycles. The van der Waals surface area contributed by atoms with Crippen molar-refractivity contribution in [3.8, 4) is 6.07 Å². The Morgan fingerprint density at radius 3 is 2.41 bits per heavy atom. The van der Waals surface area contributed by atoms with Gasteiger partial charge in [0.15, 0.2) is 0 Å². The third-order valence-corrected chi connectivity index (χ3v) is 7.12. The molecule has 1 amide bonds. The van der Waals surface area contributed by atoms with E-state index in [2.05, 4.69) is 27.9 Å². The van der Waals surface area contributed by atoms with Gasteiger partial charge >= 0.3 is 0 Å². The molecule has 1 N–H and O–H groups in total. The van der Waals surface area contributed by atoms with E-state index in [1.807, 2.05) is 30.3 Å². The predicted molar refractivity (Wildman–Crippen MR) is 110 cm³/mol. The Balaban J connectivity index is 1.62. The molecule has 0 spiro atoms. The number of hydrogen-bond donors (Lipinski definition) is 1. The van der Waals surface area contributed by atoms with E-state index in [-0.39, 0.29) is 16.7 Å². The Hall–Kier alpha value is -1.96. The molecule has 1 saturated heterocycles. The van der Waals surface area contributed by atoms with Crippen LogP contribution in [0.25, 0.3) is 0 Å². The van der Waals surface area contributed by atoms with E-state index in [0.717, 1.165) is 9.26 Å². The number of carbonyl (C=O) groups is 1. The first kappa shape index (κ1) is 19.8. The van der Waals surface area contributed by atoms with Gasteiger partial charge in [-0.3, -0.25) is 4.79 Å². The van der Waals surface area contributed by atoms with E-state index in [1.165, 1.54) is 28.6 Å². The highest BCUT2D eigenvalue weighted by molar-refractivity contribution is 14.1. The normalized spacial score (nSPS) is 15.9. The van der Waals surface area contributed by atoms with Crippen molar-refractivity contribution in [1.29, 1.82) is 5.26 Å². The molecular weight excluding hydrogens is 477 g/mol. The summed E-state index contributed by atoms with van der Waals surface area (Å²) in [6.07, 6.45) is 0.955. The second kappa shape index (κ2) is 8.37. The lowest BCUT2D eigenvalue weighted by molar-refractivity contribution is -0.120. The summed E-state index contributed by atoms with van der Waals surface area (Å²) in [6.45, 7) is 0.597. The van der Waals surface area contributed by atoms with Gasteiger partial charge in [0.1, 0.15) is 0 Å². The number of hydrogen-bond acceptors (Lipinski definition) is 4. The molecular formula is C19H18IN3O3S. The number of nitriles is 1. The first-order valence-electron chi connectivity index (χ1n) is 8.47. The fourth-order valence-corrected chi connectivity index (χ4v) is 5.03. The van der Waals surface area contributed by atoms with Crippen LogP contribution in [0, 0.1) is 20.8 Å². The van der Waals surface area contributed by atoms with E-state index < -0.39 is 10.0 Å². The monoisotopic (exact) mass is 495 g/mol. The van der Waals surface area contributed by atoms with Crippen molar-refractivity contribution in [3.05, 3.63) is 57.7 Å². The number of amides is 1. The van der Waals surface area contributed by atoms with Gasteiger partial charge in [0, 0.05) is 28.3 Å². The molecule has 1 aliphatic heterocycles. The lowest BCUT2D eigenvalue weighted by atomic mass is 9.97. The van der Waals surface area contributed by atoms with Crippen molar-refractivity contribution < 1.29 is 13.2 Å². The standard InChI is InChI=1S/C19H18IN3O3S/c20-16-2-1-3-17(12-16)22-19(24)15-8-10-23(11-9-15)27(25,26)18-6-4-14(13-21)5-7-18/h1-7,12,15H,8-11H2,(H,22,24). The minimum atomic E-state index is -3.61. The van der Waals surface area contributed by atoms with Crippen LogP contribution in [0.15, 0.2) is 53.4 Å². The number of nitrogens with zero attached hydrogens (tertiary/aromatic N) is 2. The fraction of sp³-hybridized carbons (Fsp3) is 0.263. The third-order valence-electron chi connectivity index (χ3n) is 4.54. The zero-order valence-corrected chi connectivity index (χ0v) is 17.4. The smallest absolute Gasteiger partial charge is 0.243 e. The second-order valence-electron chi connectivity index (χ2n) is 6.31. The molecule has 0 unspecified atom stereocenters. The first-order chi connectivity index (χ1) is 12.9. The van der Waals surface area contributed by atoms with Crippen LogP contribution in [0.4, 0.5) is 5.69 Å². The largest absolute Gasteiger partial charge is 0.326 e. The highest BCUT2D eigenvalue weighted by atomic mass is 127. The number of carbonyl (C=O) groups excluding carboxylic acids is 1. The Labute approximate surface area is 172 Å². The minimum Gasteiger partial charge on any atom is -0.326 e. The molecule has 0 aliphatic carbocycles. The van der Waals surface area contributed by atoms with E-state index in [0.29, 0.717) is 31.5 Å². The molecule has 0 bridgehead atoms. The van der Waals surface area contributed by atoms with Crippen LogP contribution >= 0.6 is 22.6 Å². The highest BCUT2D eigenvalue weighted by Gasteiger charge is 2.32. The molecule has 2 aromatic carbocycles. The van der Waals surface area contributed by atoms with E-state index in [4.69, 9.17) is 5.26 Å². The summed E-state index contributed by atoms with van der Waals surface area (Å²) in [5.41, 5.74) is 1.17. The Morgan fingerprint density at radius 1 is 1.15 bits per heavy atom. The van der Waals surface area contributed by atoms with Crippen LogP contribution in [0.1, 0.15) is 18.4 Å². The maximum absolute atomic E-state index is 12.7. The van der Waals surface area contributed by atoms with Crippen molar-refractivity contribution in [3.63, 3.8) is 0 Å². The van der Waals surface area contributed by atoms with Crippen molar-refractivity contribution >= 4 is 44.2 Å². The molecule has 27 heavy (non-hydrogen) atoms. The number of rotatable bonds is 4. The topological polar surface area (TPSA) is 90.3 Å². The van der Waals surface area contributed by atoms with Crippen LogP contribution in [0.5, 0.6) is 0 Å². The van der Waals surface area contributed by atoms with Crippen molar-refractivity contribution in [2.45, 2.75) is 17.7 Å². The minimum absolute atomic E-state index is 0.0765. The van der Waals surface area contributed by atoms with Gasteiger partial charge in [-0.1, -0.05) is 6.07 Å². The van der Waals surface area contributed by atoms with Gasteiger partial charge < -0.3 is 5.32 Å². The average molecular weight is 495 g/mol. The Morgan fingerprint density at radius 2 is 1.81 bits per heavy atom. The van der Waals surface area contributed by atoms with Gasteiger partial charge in [-0.15, -0.1) is 0 Å². The van der Waals surface area contributed by atoms with Gasteiger partial charge in [0.25, 0.3) is 0 Å². The van der Waals surface area contributed by atoms with Crippen LogP contribution in [-0.4, -0.2) is 31.7 Å². The average Bonchev–Trinajstić information content (AvgIpc) is 2.68. The van der Waals surface area contributed by atoms with Gasteiger partial charge in [0.2, 0.25) is 15.9 Å². The Bertz CT molecular complexity index is 976. The summed E-state index contributed by atoms with van der Waals surface area (Å²) in [5.74, 6) is -0.289. The summed E-state index contributed by atoms with van der Waals surface area (Å²) >= 11 is 2.19. The van der Waals surface area contributed by atoms with E-state index >= 15 is 0 Å². The summed E-state index contributed by atoms with van der Waals surface area (Å²) in [7, 11) is -3.61. The number of piperidine rings is 1. The summed E-state index contributed by atoms with van der Waals surface area (Å²) in [6, 6.07) is 15.4. The fourth-order valence-electron chi connectivity index (χ4n) is 3.02. The molecule has 1 fully saturated rings. The summed E-state index contributed by atoms with van der Waals surface area (Å²) < 4.78 is 27.9. The maximum atomic E-state index is 12.7. The van der Waals surface area contributed by atoms with Crippen molar-refractivity contribution in [1.82, 2.24) is 4.31 Å². The molecule has 6 nitrogen and oxygen atoms in total. The molecule has 0 atom stereocenters. The highest BCUT2D eigenvalue weighted by Crippen LogP contribution is 2.25. The van der Waals surface area contributed by atoms with Gasteiger partial charge in [0.05, 0.1) is 16.5 Å². The lowest BCUT2D eigenvalue weighted by Gasteiger charge is -2.30. The molecule has 8 heteroatoms. The van der Waals surface area contributed by atoms with Gasteiger partial charge in [-0.05, 0) is 77.9 Å². The molecule has 0 radical (unpaired) electrons. The summed E-state index contributed by atoms with van der Waals surface area (Å²) in [5, 5.41) is 11.7. The first-order valence-corrected chi connectivity index (χ1v) is 11.0. The molecule has 1 aliphatic rings. The molecule has 0 aromatic heterocycles. The third kappa shape index (κ3) is 4.66. The number of benzene rings is 2. The Kier molecular flexibility index (Phi) is 6.14. The van der Waals surface area contributed by atoms with Crippen molar-refractivity contribution in [2.75, 3.05) is 18.4 Å². The van der Waals surface area contributed by atoms with Crippen LogP contribution in [-0.2, 0) is 14.8 Å². The van der Waals surface area contributed by atoms with E-state index in [1.54, 1.807) is 0 Å². The molecule has 3 rings (SSSR count). The predicted octanol–water partition coefficient (Wildman–Crippen LogP) is 3.20. The second-order valence-corrected chi connectivity index (χ2v) is 9.50. The SMILES string of the molecule is N#Cc1ccc(S(=O)(=O)N2CCC(C(=O)Nc3cccc(I)c3)CC2)cc1. The molecule has 2 aromatic rings. The van der Waals surface area contributed by atoms with Gasteiger partial charge in [-0.25, -0.2) is 8.42 Å². The van der Waals surface area contributed by atoms with Crippen LogP contribution < -0.4 is 5.32 Å². The number of halogens is 1. The quantitative estimate of drug-likeness (QED) is 0.660. The maximum Gasteiger partial charge on any atom is 0.243 e. The van der Waals surface area contributed by atoms with E-state index in [9.17, 15) is 13.2 Å².